The van der Waals surface area contributed by atoms with Crippen molar-refractivity contribution in [3.8, 4) is 12.1 Å². The third kappa shape index (κ3) is 4.92. The van der Waals surface area contributed by atoms with Crippen LogP contribution < -0.4 is 0 Å². The van der Waals surface area contributed by atoms with Crippen LogP contribution in [0.5, 0.6) is 0 Å². The van der Waals surface area contributed by atoms with Crippen LogP contribution in [0.2, 0.25) is 0 Å². The van der Waals surface area contributed by atoms with Crippen LogP contribution >= 0.6 is 0 Å². The van der Waals surface area contributed by atoms with Crippen LogP contribution in [0.4, 0.5) is 26.3 Å². The Hall–Kier alpha value is -2.29. The summed E-state index contributed by atoms with van der Waals surface area (Å²) >= 11 is 0. The first kappa shape index (κ1) is 17.8. The second kappa shape index (κ2) is 6.22. The Kier molecular flexibility index (Phi) is 5.02. The lowest BCUT2D eigenvalue weighted by molar-refractivity contribution is -0.141. The van der Waals surface area contributed by atoms with E-state index in [-0.39, 0.29) is 5.56 Å². The molecular weight excluding hydrogens is 312 g/mol. The minimum Gasteiger partial charge on any atom is -0.252 e. The van der Waals surface area contributed by atoms with E-state index in [1.54, 1.807) is 0 Å². The SMILES string of the molecule is N#CC(C#N)(CCC(F)(F)F)Cc1ccc(C(F)(F)F)nc1. The fraction of sp³-hybridized carbons (Fsp3) is 0.462. The van der Waals surface area contributed by atoms with Gasteiger partial charge in [-0.2, -0.15) is 36.9 Å². The second-order valence-corrected chi connectivity index (χ2v) is 4.65. The van der Waals surface area contributed by atoms with Gasteiger partial charge in [-0.1, -0.05) is 6.07 Å². The van der Waals surface area contributed by atoms with Crippen LogP contribution in [0.15, 0.2) is 18.3 Å². The maximum atomic E-state index is 12.3. The van der Waals surface area contributed by atoms with Gasteiger partial charge in [0.15, 0.2) is 0 Å². The molecule has 0 aliphatic heterocycles. The number of alkyl halides is 6. The highest BCUT2D eigenvalue weighted by Gasteiger charge is 2.37. The summed E-state index contributed by atoms with van der Waals surface area (Å²) in [7, 11) is 0. The van der Waals surface area contributed by atoms with E-state index in [0.29, 0.717) is 6.07 Å². The smallest absolute Gasteiger partial charge is 0.252 e. The molecule has 118 valence electrons. The number of halogens is 6. The lowest BCUT2D eigenvalue weighted by Crippen LogP contribution is -2.23. The summed E-state index contributed by atoms with van der Waals surface area (Å²) in [4.78, 5) is 3.15. The van der Waals surface area contributed by atoms with Gasteiger partial charge in [-0.3, -0.25) is 4.98 Å². The lowest BCUT2D eigenvalue weighted by Gasteiger charge is -2.19. The Morgan fingerprint density at radius 2 is 1.55 bits per heavy atom. The van der Waals surface area contributed by atoms with E-state index >= 15 is 0 Å². The Morgan fingerprint density at radius 1 is 0.955 bits per heavy atom. The average molecular weight is 321 g/mol. The van der Waals surface area contributed by atoms with Crippen LogP contribution in [-0.4, -0.2) is 11.2 Å². The van der Waals surface area contributed by atoms with E-state index < -0.39 is 42.7 Å². The molecule has 0 saturated carbocycles. The molecule has 0 atom stereocenters. The van der Waals surface area contributed by atoms with Crippen molar-refractivity contribution in [1.82, 2.24) is 4.98 Å². The van der Waals surface area contributed by atoms with Gasteiger partial charge in [0, 0.05) is 19.0 Å². The van der Waals surface area contributed by atoms with Crippen LogP contribution in [0.25, 0.3) is 0 Å². The molecule has 1 rings (SSSR count). The van der Waals surface area contributed by atoms with E-state index in [2.05, 4.69) is 4.98 Å². The molecule has 22 heavy (non-hydrogen) atoms. The van der Waals surface area contributed by atoms with Gasteiger partial charge >= 0.3 is 12.4 Å². The third-order valence-corrected chi connectivity index (χ3v) is 2.88. The minimum atomic E-state index is -4.64. The highest BCUT2D eigenvalue weighted by Crippen LogP contribution is 2.33. The van der Waals surface area contributed by atoms with Gasteiger partial charge < -0.3 is 0 Å². The number of nitrogens with zero attached hydrogens (tertiary/aromatic N) is 3. The number of aromatic nitrogens is 1. The number of hydrogen-bond acceptors (Lipinski definition) is 3. The number of pyridine rings is 1. The van der Waals surface area contributed by atoms with Gasteiger partial charge in [-0.05, 0) is 18.1 Å². The molecule has 0 aliphatic carbocycles. The van der Waals surface area contributed by atoms with Crippen LogP contribution in [0.3, 0.4) is 0 Å². The fourth-order valence-corrected chi connectivity index (χ4v) is 1.70. The van der Waals surface area contributed by atoms with Gasteiger partial charge in [0.2, 0.25) is 0 Å². The topological polar surface area (TPSA) is 60.5 Å². The summed E-state index contributed by atoms with van der Waals surface area (Å²) in [6.07, 6.45) is -10.9. The summed E-state index contributed by atoms with van der Waals surface area (Å²) in [5.74, 6) is 0. The maximum Gasteiger partial charge on any atom is 0.433 e. The first-order chi connectivity index (χ1) is 10.0. The van der Waals surface area contributed by atoms with Crippen molar-refractivity contribution in [2.45, 2.75) is 31.6 Å². The van der Waals surface area contributed by atoms with Gasteiger partial charge in [0.05, 0.1) is 12.1 Å². The Balaban J connectivity index is 2.93. The molecule has 1 aromatic heterocycles. The molecular formula is C13H9F6N3. The molecule has 0 amide bonds. The lowest BCUT2D eigenvalue weighted by atomic mass is 9.80. The molecule has 0 N–H and O–H groups in total. The van der Waals surface area contributed by atoms with Gasteiger partial charge in [-0.15, -0.1) is 0 Å². The highest BCUT2D eigenvalue weighted by atomic mass is 19.4. The van der Waals surface area contributed by atoms with Crippen LogP contribution in [-0.2, 0) is 12.6 Å². The normalized spacial score (nSPS) is 12.5. The molecule has 1 heterocycles. The van der Waals surface area contributed by atoms with E-state index in [9.17, 15) is 26.3 Å². The molecule has 0 spiro atoms. The Labute approximate surface area is 121 Å². The van der Waals surface area contributed by atoms with Crippen molar-refractivity contribution in [3.63, 3.8) is 0 Å². The highest BCUT2D eigenvalue weighted by molar-refractivity contribution is 5.24. The van der Waals surface area contributed by atoms with Crippen molar-refractivity contribution in [2.24, 2.45) is 5.41 Å². The predicted octanol–water partition coefficient (Wildman–Crippen LogP) is 4.02. The molecule has 9 heteroatoms. The summed E-state index contributed by atoms with van der Waals surface area (Å²) in [5.41, 5.74) is -3.04. The zero-order valence-corrected chi connectivity index (χ0v) is 11.0. The summed E-state index contributed by atoms with van der Waals surface area (Å²) < 4.78 is 73.7. The first-order valence-corrected chi connectivity index (χ1v) is 5.93. The number of hydrogen-bond donors (Lipinski definition) is 0. The predicted molar refractivity (Wildman–Crippen MR) is 61.9 cm³/mol. The quantitative estimate of drug-likeness (QED) is 0.787. The standard InChI is InChI=1S/C13H9F6N3/c14-12(15,16)4-3-11(7-20,8-21)5-9-1-2-10(22-6-9)13(17,18)19/h1-2,6H,3-5H2. The largest absolute Gasteiger partial charge is 0.433 e. The summed E-state index contributed by atoms with van der Waals surface area (Å²) in [6.45, 7) is 0. The molecule has 0 aliphatic rings. The van der Waals surface area contributed by atoms with Gasteiger partial charge in [-0.25, -0.2) is 0 Å². The summed E-state index contributed by atoms with van der Waals surface area (Å²) in [5, 5.41) is 18.0. The maximum absolute atomic E-state index is 12.3. The molecule has 1 aromatic rings. The first-order valence-electron chi connectivity index (χ1n) is 5.93. The molecule has 0 fully saturated rings. The van der Waals surface area contributed by atoms with Gasteiger partial charge in [0.25, 0.3) is 0 Å². The molecule has 0 saturated heterocycles. The van der Waals surface area contributed by atoms with Crippen LogP contribution in [0.1, 0.15) is 24.1 Å². The van der Waals surface area contributed by atoms with Crippen molar-refractivity contribution in [2.75, 3.05) is 0 Å². The van der Waals surface area contributed by atoms with Crippen molar-refractivity contribution < 1.29 is 26.3 Å². The zero-order valence-electron chi connectivity index (χ0n) is 11.0. The second-order valence-electron chi connectivity index (χ2n) is 4.65. The number of rotatable bonds is 4. The van der Waals surface area contributed by atoms with E-state index in [1.165, 1.54) is 12.1 Å². The Morgan fingerprint density at radius 3 is 1.91 bits per heavy atom. The summed E-state index contributed by atoms with van der Waals surface area (Å²) in [6, 6.07) is 4.68. The molecule has 0 unspecified atom stereocenters. The van der Waals surface area contributed by atoms with Crippen LogP contribution in [0, 0.1) is 28.1 Å². The van der Waals surface area contributed by atoms with Gasteiger partial charge in [0.1, 0.15) is 11.1 Å². The van der Waals surface area contributed by atoms with Crippen molar-refractivity contribution in [3.05, 3.63) is 29.6 Å². The minimum absolute atomic E-state index is 0.0817. The fourth-order valence-electron chi connectivity index (χ4n) is 1.70. The van der Waals surface area contributed by atoms with E-state index in [4.69, 9.17) is 10.5 Å². The monoisotopic (exact) mass is 321 g/mol. The van der Waals surface area contributed by atoms with E-state index in [1.807, 2.05) is 0 Å². The van der Waals surface area contributed by atoms with E-state index in [0.717, 1.165) is 12.3 Å². The van der Waals surface area contributed by atoms with Crippen molar-refractivity contribution in [1.29, 1.82) is 10.5 Å². The molecule has 0 aromatic carbocycles. The number of nitriles is 2. The average Bonchev–Trinajstić information content (AvgIpc) is 2.42. The zero-order chi connectivity index (χ0) is 17.0. The molecule has 0 radical (unpaired) electrons. The third-order valence-electron chi connectivity index (χ3n) is 2.88. The molecule has 0 bridgehead atoms. The molecule has 3 nitrogen and oxygen atoms in total. The van der Waals surface area contributed by atoms with Crippen molar-refractivity contribution >= 4 is 0 Å². The Bertz CT molecular complexity index is 575.